The van der Waals surface area contributed by atoms with Crippen LogP contribution >= 0.6 is 0 Å². The first-order valence-corrected chi connectivity index (χ1v) is 6.97. The molecule has 0 spiro atoms. The zero-order chi connectivity index (χ0) is 15.4. The van der Waals surface area contributed by atoms with Gasteiger partial charge in [-0.25, -0.2) is 4.39 Å². The van der Waals surface area contributed by atoms with Crippen LogP contribution in [0.15, 0.2) is 36.4 Å². The molecule has 3 N–H and O–H groups in total. The fraction of sp³-hybridized carbons (Fsp3) is 0.235. The van der Waals surface area contributed by atoms with E-state index < -0.39 is 11.7 Å². The lowest BCUT2D eigenvalue weighted by Crippen LogP contribution is -2.15. The second-order valence-corrected chi connectivity index (χ2v) is 5.10. The van der Waals surface area contributed by atoms with Crippen molar-refractivity contribution >= 4 is 17.3 Å². The summed E-state index contributed by atoms with van der Waals surface area (Å²) < 4.78 is 14.0. The summed E-state index contributed by atoms with van der Waals surface area (Å²) in [4.78, 5) is 12.1. The van der Waals surface area contributed by atoms with Gasteiger partial charge < -0.3 is 11.1 Å². The lowest BCUT2D eigenvalue weighted by molar-refractivity contribution is 0.102. The van der Waals surface area contributed by atoms with Gasteiger partial charge in [0.1, 0.15) is 5.82 Å². The minimum atomic E-state index is -0.538. The van der Waals surface area contributed by atoms with Crippen LogP contribution in [0.25, 0.3) is 0 Å². The number of aryl methyl sites for hydroxylation is 2. The minimum absolute atomic E-state index is 0.0369. The van der Waals surface area contributed by atoms with Crippen LogP contribution in [0.2, 0.25) is 0 Å². The number of carbonyl (C=O) groups is 1. The number of hydrogen-bond donors (Lipinski definition) is 2. The van der Waals surface area contributed by atoms with Crippen molar-refractivity contribution in [3.63, 3.8) is 0 Å². The first-order chi connectivity index (χ1) is 10.0. The highest BCUT2D eigenvalue weighted by molar-refractivity contribution is 6.05. The predicted molar refractivity (Wildman–Crippen MR) is 83.9 cm³/mol. The number of rotatable bonds is 4. The predicted octanol–water partition coefficient (Wildman–Crippen LogP) is 3.92. The Hall–Kier alpha value is -2.36. The summed E-state index contributed by atoms with van der Waals surface area (Å²) in [7, 11) is 0. The molecule has 0 saturated carbocycles. The second-order valence-electron chi connectivity index (χ2n) is 5.10. The fourth-order valence-corrected chi connectivity index (χ4v) is 2.20. The Balaban J connectivity index is 2.18. The molecule has 1 amide bonds. The number of anilines is 2. The Kier molecular flexibility index (Phi) is 4.58. The van der Waals surface area contributed by atoms with E-state index in [1.54, 1.807) is 6.92 Å². The van der Waals surface area contributed by atoms with Crippen LogP contribution in [0.1, 0.15) is 34.8 Å². The molecule has 21 heavy (non-hydrogen) atoms. The molecule has 2 aromatic rings. The fourth-order valence-electron chi connectivity index (χ4n) is 2.20. The molecule has 0 fully saturated rings. The van der Waals surface area contributed by atoms with E-state index in [0.717, 1.165) is 12.8 Å². The van der Waals surface area contributed by atoms with Crippen LogP contribution in [0.5, 0.6) is 0 Å². The Morgan fingerprint density at radius 3 is 2.52 bits per heavy atom. The van der Waals surface area contributed by atoms with Gasteiger partial charge in [-0.05, 0) is 48.7 Å². The number of carbonyl (C=O) groups excluding carboxylic acids is 1. The van der Waals surface area contributed by atoms with Crippen LogP contribution in [0.4, 0.5) is 15.8 Å². The summed E-state index contributed by atoms with van der Waals surface area (Å²) >= 11 is 0. The van der Waals surface area contributed by atoms with Crippen LogP contribution in [0.3, 0.4) is 0 Å². The van der Waals surface area contributed by atoms with E-state index in [1.165, 1.54) is 17.7 Å². The van der Waals surface area contributed by atoms with Crippen molar-refractivity contribution in [3.05, 3.63) is 58.9 Å². The molecular weight excluding hydrogens is 267 g/mol. The lowest BCUT2D eigenvalue weighted by atomic mass is 10.1. The monoisotopic (exact) mass is 286 g/mol. The molecule has 2 rings (SSSR count). The minimum Gasteiger partial charge on any atom is -0.399 e. The molecule has 0 atom stereocenters. The molecule has 4 heteroatoms. The van der Waals surface area contributed by atoms with Gasteiger partial charge in [0, 0.05) is 11.4 Å². The highest BCUT2D eigenvalue weighted by Crippen LogP contribution is 2.19. The van der Waals surface area contributed by atoms with Crippen molar-refractivity contribution in [3.8, 4) is 0 Å². The van der Waals surface area contributed by atoms with E-state index >= 15 is 0 Å². The summed E-state index contributed by atoms with van der Waals surface area (Å²) in [5, 5.41) is 2.69. The van der Waals surface area contributed by atoms with E-state index in [1.807, 2.05) is 24.3 Å². The van der Waals surface area contributed by atoms with Crippen LogP contribution in [-0.4, -0.2) is 5.91 Å². The number of halogens is 1. The molecule has 0 heterocycles. The van der Waals surface area contributed by atoms with E-state index in [9.17, 15) is 9.18 Å². The summed E-state index contributed by atoms with van der Waals surface area (Å²) in [5.74, 6) is -1.03. The van der Waals surface area contributed by atoms with Gasteiger partial charge in [-0.1, -0.05) is 25.5 Å². The summed E-state index contributed by atoms with van der Waals surface area (Å²) in [6, 6.07) is 10.4. The first-order valence-electron chi connectivity index (χ1n) is 6.97. The third-order valence-corrected chi connectivity index (χ3v) is 3.27. The third-order valence-electron chi connectivity index (χ3n) is 3.27. The molecule has 0 saturated heterocycles. The van der Waals surface area contributed by atoms with Gasteiger partial charge in [0.25, 0.3) is 5.91 Å². The zero-order valence-electron chi connectivity index (χ0n) is 12.2. The van der Waals surface area contributed by atoms with Crippen molar-refractivity contribution < 1.29 is 9.18 Å². The second kappa shape index (κ2) is 6.39. The molecule has 0 aliphatic carbocycles. The number of nitrogen functional groups attached to an aromatic ring is 1. The van der Waals surface area contributed by atoms with Gasteiger partial charge >= 0.3 is 0 Å². The van der Waals surface area contributed by atoms with Gasteiger partial charge in [-0.3, -0.25) is 4.79 Å². The van der Waals surface area contributed by atoms with Crippen molar-refractivity contribution in [1.82, 2.24) is 0 Å². The number of nitrogens with two attached hydrogens (primary N) is 1. The van der Waals surface area contributed by atoms with Crippen LogP contribution in [-0.2, 0) is 6.42 Å². The number of amides is 1. The number of benzene rings is 2. The Morgan fingerprint density at radius 1 is 1.24 bits per heavy atom. The van der Waals surface area contributed by atoms with Gasteiger partial charge in [0.2, 0.25) is 0 Å². The smallest absolute Gasteiger partial charge is 0.258 e. The van der Waals surface area contributed by atoms with E-state index in [4.69, 9.17) is 5.73 Å². The molecule has 110 valence electrons. The molecule has 0 aliphatic heterocycles. The molecular formula is C17H19FN2O. The number of nitrogens with one attached hydrogen (secondary N) is 1. The zero-order valence-corrected chi connectivity index (χ0v) is 12.2. The SMILES string of the molecule is CCCc1ccc(NC(=O)c2cc(N)cc(C)c2F)cc1. The van der Waals surface area contributed by atoms with Crippen molar-refractivity contribution in [1.29, 1.82) is 0 Å². The molecule has 2 aromatic carbocycles. The maximum atomic E-state index is 14.0. The van der Waals surface area contributed by atoms with E-state index in [2.05, 4.69) is 12.2 Å². The quantitative estimate of drug-likeness (QED) is 0.837. The summed E-state index contributed by atoms with van der Waals surface area (Å²) in [6.45, 7) is 3.70. The van der Waals surface area contributed by atoms with Crippen molar-refractivity contribution in [2.45, 2.75) is 26.7 Å². The third kappa shape index (κ3) is 3.60. The standard InChI is InChI=1S/C17H19FN2O/c1-3-4-12-5-7-14(8-6-12)20-17(21)15-10-13(19)9-11(2)16(15)18/h5-10H,3-4,19H2,1-2H3,(H,20,21). The van der Waals surface area contributed by atoms with E-state index in [-0.39, 0.29) is 5.56 Å². The van der Waals surface area contributed by atoms with Gasteiger partial charge in [-0.15, -0.1) is 0 Å². The molecule has 0 bridgehead atoms. The Morgan fingerprint density at radius 2 is 1.90 bits per heavy atom. The van der Waals surface area contributed by atoms with Gasteiger partial charge in [0.15, 0.2) is 0 Å². The first kappa shape index (κ1) is 15.0. The Bertz CT molecular complexity index is 651. The maximum Gasteiger partial charge on any atom is 0.258 e. The highest BCUT2D eigenvalue weighted by atomic mass is 19.1. The van der Waals surface area contributed by atoms with Gasteiger partial charge in [-0.2, -0.15) is 0 Å². The normalized spacial score (nSPS) is 10.4. The van der Waals surface area contributed by atoms with Crippen LogP contribution < -0.4 is 11.1 Å². The average molecular weight is 286 g/mol. The summed E-state index contributed by atoms with van der Waals surface area (Å²) in [5.41, 5.74) is 8.21. The molecule has 0 radical (unpaired) electrons. The number of hydrogen-bond acceptors (Lipinski definition) is 2. The molecule has 0 aliphatic rings. The largest absolute Gasteiger partial charge is 0.399 e. The van der Waals surface area contributed by atoms with Crippen molar-refractivity contribution in [2.24, 2.45) is 0 Å². The van der Waals surface area contributed by atoms with Crippen molar-refractivity contribution in [2.75, 3.05) is 11.1 Å². The maximum absolute atomic E-state index is 14.0. The lowest BCUT2D eigenvalue weighted by Gasteiger charge is -2.09. The average Bonchev–Trinajstić information content (AvgIpc) is 2.45. The summed E-state index contributed by atoms with van der Waals surface area (Å²) in [6.07, 6.45) is 2.07. The molecule has 3 nitrogen and oxygen atoms in total. The molecule has 0 aromatic heterocycles. The van der Waals surface area contributed by atoms with Crippen LogP contribution in [0, 0.1) is 12.7 Å². The highest BCUT2D eigenvalue weighted by Gasteiger charge is 2.14. The van der Waals surface area contributed by atoms with E-state index in [0.29, 0.717) is 16.9 Å². The topological polar surface area (TPSA) is 55.1 Å². The molecule has 0 unspecified atom stereocenters. The Labute approximate surface area is 124 Å². The van der Waals surface area contributed by atoms with Gasteiger partial charge in [0.05, 0.1) is 5.56 Å².